The molecule has 2 fully saturated rings. The van der Waals surface area contributed by atoms with E-state index in [4.69, 9.17) is 11.6 Å². The van der Waals surface area contributed by atoms with E-state index in [0.29, 0.717) is 21.9 Å². The molecular formula is C19H15BrClN3O2. The predicted molar refractivity (Wildman–Crippen MR) is 101 cm³/mol. The van der Waals surface area contributed by atoms with Gasteiger partial charge in [-0.05, 0) is 51.9 Å². The lowest BCUT2D eigenvalue weighted by atomic mass is 9.85. The molecular weight excluding hydrogens is 418 g/mol. The molecule has 1 aromatic carbocycles. The van der Waals surface area contributed by atoms with Crippen LogP contribution in [0.15, 0.2) is 47.1 Å². The standard InChI is InChI=1S/C19H15BrClN3O2/c20-14-9-23(8-10-1-5-13(21)6-2-10)22-17(14)24-18(25)15-11-3-4-12(7-11)16(15)19(24)26/h1-6,9,11-12,15-16H,7-8H2/t11-,12-,15-,16+/m0/s1. The summed E-state index contributed by atoms with van der Waals surface area (Å²) in [7, 11) is 0. The van der Waals surface area contributed by atoms with Crippen LogP contribution in [0.4, 0.5) is 5.82 Å². The molecule has 1 saturated heterocycles. The molecule has 1 saturated carbocycles. The van der Waals surface area contributed by atoms with Gasteiger partial charge in [0.05, 0.1) is 22.9 Å². The molecule has 7 heteroatoms. The minimum atomic E-state index is -0.217. The molecule has 2 heterocycles. The number of hydrogen-bond donors (Lipinski definition) is 0. The molecule has 1 aromatic heterocycles. The minimum absolute atomic E-state index is 0.116. The Balaban J connectivity index is 1.44. The number of benzene rings is 1. The molecule has 0 unspecified atom stereocenters. The average molecular weight is 433 g/mol. The van der Waals surface area contributed by atoms with Crippen molar-refractivity contribution in [3.63, 3.8) is 0 Å². The highest BCUT2D eigenvalue weighted by molar-refractivity contribution is 9.10. The molecule has 2 bridgehead atoms. The van der Waals surface area contributed by atoms with Crippen molar-refractivity contribution in [3.8, 4) is 0 Å². The number of carbonyl (C=O) groups is 2. The number of amides is 2. The Hall–Kier alpha value is -1.92. The van der Waals surface area contributed by atoms with Crippen molar-refractivity contribution in [2.75, 3.05) is 4.90 Å². The molecule has 1 aliphatic heterocycles. The second-order valence-electron chi connectivity index (χ2n) is 7.14. The Bertz CT molecular complexity index is 922. The number of allylic oxidation sites excluding steroid dienone is 2. The summed E-state index contributed by atoms with van der Waals surface area (Å²) in [6, 6.07) is 7.51. The van der Waals surface area contributed by atoms with Gasteiger partial charge in [-0.25, -0.2) is 4.90 Å². The van der Waals surface area contributed by atoms with Gasteiger partial charge in [0, 0.05) is 11.2 Å². The molecule has 5 rings (SSSR count). The first kappa shape index (κ1) is 16.3. The monoisotopic (exact) mass is 431 g/mol. The molecule has 132 valence electrons. The first-order valence-electron chi connectivity index (χ1n) is 8.56. The third-order valence-corrected chi connectivity index (χ3v) is 6.45. The molecule has 5 nitrogen and oxygen atoms in total. The quantitative estimate of drug-likeness (QED) is 0.549. The van der Waals surface area contributed by atoms with Gasteiger partial charge in [0.2, 0.25) is 11.8 Å². The molecule has 0 spiro atoms. The number of rotatable bonds is 3. The topological polar surface area (TPSA) is 55.2 Å². The third-order valence-electron chi connectivity index (χ3n) is 5.64. The first-order valence-corrected chi connectivity index (χ1v) is 9.73. The van der Waals surface area contributed by atoms with E-state index >= 15 is 0 Å². The Labute approximate surface area is 163 Å². The van der Waals surface area contributed by atoms with E-state index in [9.17, 15) is 9.59 Å². The smallest absolute Gasteiger partial charge is 0.239 e. The summed E-state index contributed by atoms with van der Waals surface area (Å²) >= 11 is 9.39. The molecule has 0 radical (unpaired) electrons. The van der Waals surface area contributed by atoms with Crippen molar-refractivity contribution >= 4 is 45.2 Å². The second-order valence-corrected chi connectivity index (χ2v) is 8.43. The summed E-state index contributed by atoms with van der Waals surface area (Å²) in [5.74, 6) is 0.116. The van der Waals surface area contributed by atoms with Crippen molar-refractivity contribution < 1.29 is 9.59 Å². The van der Waals surface area contributed by atoms with Crippen LogP contribution < -0.4 is 4.90 Å². The molecule has 2 amide bonds. The number of nitrogens with zero attached hydrogens (tertiary/aromatic N) is 3. The number of anilines is 1. The van der Waals surface area contributed by atoms with Crippen molar-refractivity contribution in [1.82, 2.24) is 9.78 Å². The highest BCUT2D eigenvalue weighted by Gasteiger charge is 2.60. The predicted octanol–water partition coefficient (Wildman–Crippen LogP) is 3.66. The highest BCUT2D eigenvalue weighted by atomic mass is 79.9. The minimum Gasteiger partial charge on any atom is -0.274 e. The molecule has 0 N–H and O–H groups in total. The zero-order chi connectivity index (χ0) is 18.0. The van der Waals surface area contributed by atoms with Gasteiger partial charge in [-0.15, -0.1) is 0 Å². The van der Waals surface area contributed by atoms with Crippen molar-refractivity contribution in [2.45, 2.75) is 13.0 Å². The SMILES string of the molecule is O=C1[C@@H]2[C@H](C(=O)N1c1nn(Cc3ccc(Cl)cc3)cc1Br)[C@H]1C=C[C@H]2C1. The highest BCUT2D eigenvalue weighted by Crippen LogP contribution is 2.53. The van der Waals surface area contributed by atoms with Gasteiger partial charge in [-0.1, -0.05) is 35.9 Å². The Kier molecular flexibility index (Phi) is 3.62. The van der Waals surface area contributed by atoms with Crippen LogP contribution in [-0.4, -0.2) is 21.6 Å². The average Bonchev–Trinajstić information content (AvgIpc) is 3.35. The van der Waals surface area contributed by atoms with Crippen molar-refractivity contribution in [2.24, 2.45) is 23.7 Å². The number of fused-ring (bicyclic) bond motifs is 5. The molecule has 4 atom stereocenters. The van der Waals surface area contributed by atoms with Gasteiger partial charge in [-0.2, -0.15) is 5.10 Å². The van der Waals surface area contributed by atoms with Gasteiger partial charge in [0.15, 0.2) is 5.82 Å². The maximum atomic E-state index is 12.9. The zero-order valence-corrected chi connectivity index (χ0v) is 16.0. The van der Waals surface area contributed by atoms with Crippen LogP contribution in [0.3, 0.4) is 0 Å². The lowest BCUT2D eigenvalue weighted by Gasteiger charge is -2.14. The van der Waals surface area contributed by atoms with E-state index in [1.807, 2.05) is 24.3 Å². The van der Waals surface area contributed by atoms with Gasteiger partial charge in [-0.3, -0.25) is 14.3 Å². The number of imide groups is 1. The van der Waals surface area contributed by atoms with E-state index in [2.05, 4.69) is 33.2 Å². The van der Waals surface area contributed by atoms with Crippen LogP contribution in [0.5, 0.6) is 0 Å². The normalized spacial score (nSPS) is 29.1. The van der Waals surface area contributed by atoms with Gasteiger partial charge in [0.1, 0.15) is 0 Å². The summed E-state index contributed by atoms with van der Waals surface area (Å²) < 4.78 is 2.37. The first-order chi connectivity index (χ1) is 12.5. The fourth-order valence-electron chi connectivity index (χ4n) is 4.51. The van der Waals surface area contributed by atoms with E-state index in [-0.39, 0.29) is 35.5 Å². The molecule has 26 heavy (non-hydrogen) atoms. The third kappa shape index (κ3) is 2.32. The van der Waals surface area contributed by atoms with E-state index < -0.39 is 0 Å². The van der Waals surface area contributed by atoms with Crippen LogP contribution in [0.25, 0.3) is 0 Å². The Morgan fingerprint density at radius 2 is 1.69 bits per heavy atom. The Morgan fingerprint density at radius 1 is 1.08 bits per heavy atom. The van der Waals surface area contributed by atoms with Crippen LogP contribution >= 0.6 is 27.5 Å². The van der Waals surface area contributed by atoms with Crippen LogP contribution in [0, 0.1) is 23.7 Å². The van der Waals surface area contributed by atoms with Crippen LogP contribution in [0.1, 0.15) is 12.0 Å². The lowest BCUT2D eigenvalue weighted by molar-refractivity contribution is -0.123. The second kappa shape index (κ2) is 5.79. The van der Waals surface area contributed by atoms with E-state index in [1.165, 1.54) is 4.90 Å². The van der Waals surface area contributed by atoms with E-state index in [0.717, 1.165) is 12.0 Å². The van der Waals surface area contributed by atoms with Gasteiger partial charge in [0.25, 0.3) is 0 Å². The number of halogens is 2. The largest absolute Gasteiger partial charge is 0.274 e. The summed E-state index contributed by atoms with van der Waals surface area (Å²) in [6.07, 6.45) is 6.90. The van der Waals surface area contributed by atoms with E-state index in [1.54, 1.807) is 10.9 Å². The van der Waals surface area contributed by atoms with Crippen LogP contribution in [0.2, 0.25) is 5.02 Å². The number of hydrogen-bond acceptors (Lipinski definition) is 3. The maximum absolute atomic E-state index is 12.9. The number of carbonyl (C=O) groups excluding carboxylic acids is 2. The summed E-state index contributed by atoms with van der Waals surface area (Å²) in [5, 5.41) is 5.19. The van der Waals surface area contributed by atoms with Gasteiger partial charge < -0.3 is 0 Å². The zero-order valence-electron chi connectivity index (χ0n) is 13.7. The summed E-state index contributed by atoms with van der Waals surface area (Å²) in [5.41, 5.74) is 1.04. The van der Waals surface area contributed by atoms with Gasteiger partial charge >= 0.3 is 0 Å². The Morgan fingerprint density at radius 3 is 2.31 bits per heavy atom. The van der Waals surface area contributed by atoms with Crippen molar-refractivity contribution in [3.05, 3.63) is 57.7 Å². The number of aromatic nitrogens is 2. The maximum Gasteiger partial charge on any atom is 0.239 e. The molecule has 2 aliphatic carbocycles. The van der Waals surface area contributed by atoms with Crippen molar-refractivity contribution in [1.29, 1.82) is 0 Å². The summed E-state index contributed by atoms with van der Waals surface area (Å²) in [4.78, 5) is 27.1. The fourth-order valence-corrected chi connectivity index (χ4v) is 5.13. The van der Waals surface area contributed by atoms with Crippen LogP contribution in [-0.2, 0) is 16.1 Å². The summed E-state index contributed by atoms with van der Waals surface area (Å²) in [6.45, 7) is 0.533. The lowest BCUT2D eigenvalue weighted by Crippen LogP contribution is -2.33. The fraction of sp³-hybridized carbons (Fsp3) is 0.316. The molecule has 2 aromatic rings. The molecule has 3 aliphatic rings.